The first-order valence-corrected chi connectivity index (χ1v) is 11.5. The minimum atomic E-state index is -0.670. The zero-order valence-electron chi connectivity index (χ0n) is 20.1. The maximum atomic E-state index is 13.5. The van der Waals surface area contributed by atoms with Crippen molar-refractivity contribution >= 4 is 22.6 Å². The zero-order chi connectivity index (χ0) is 23.8. The molecule has 2 N–H and O–H groups in total. The van der Waals surface area contributed by atoms with Gasteiger partial charge in [0.1, 0.15) is 11.9 Å². The normalized spacial score (nSPS) is 15.5. The molecule has 0 saturated heterocycles. The lowest BCUT2D eigenvalue weighted by atomic mass is 9.86. The van der Waals surface area contributed by atoms with Crippen LogP contribution in [0.15, 0.2) is 42.5 Å². The lowest BCUT2D eigenvalue weighted by Crippen LogP contribution is -2.53. The highest BCUT2D eigenvalue weighted by Gasteiger charge is 2.34. The Morgan fingerprint density at radius 2 is 1.79 bits per heavy atom. The Hall–Kier alpha value is -3.19. The first kappa shape index (κ1) is 23.0. The zero-order valence-corrected chi connectivity index (χ0v) is 20.1. The number of likely N-dealkylation sites (N-methyl/N-ethyl adjacent to an activating group) is 1. The molecule has 0 bridgehead atoms. The number of benzene rings is 2. The number of fused-ring (bicyclic) bond motifs is 2. The highest BCUT2D eigenvalue weighted by molar-refractivity contribution is 5.99. The van der Waals surface area contributed by atoms with Gasteiger partial charge in [0, 0.05) is 25.7 Å². The van der Waals surface area contributed by atoms with Crippen molar-refractivity contribution in [2.75, 3.05) is 20.6 Å². The summed E-state index contributed by atoms with van der Waals surface area (Å²) in [7, 11) is 3.65. The Bertz CT molecular complexity index is 1190. The third-order valence-corrected chi connectivity index (χ3v) is 6.31. The standard InChI is InChI=1S/C26H33N5O2/c1-26(2,3)22(25(33)27-4)29-24(32)21-20-16-30(5)14-9-15-31(20)23(28-21)19-13-8-11-17-10-6-7-12-18(17)19/h6-8,10-13,22H,9,14-16H2,1-5H3,(H,27,33)(H,29,32). The first-order chi connectivity index (χ1) is 15.7. The fourth-order valence-electron chi connectivity index (χ4n) is 4.55. The lowest BCUT2D eigenvalue weighted by Gasteiger charge is -2.29. The molecule has 1 unspecified atom stereocenters. The number of nitrogens with one attached hydrogen (secondary N) is 2. The number of hydrogen-bond donors (Lipinski definition) is 2. The fourth-order valence-corrected chi connectivity index (χ4v) is 4.55. The number of rotatable bonds is 4. The van der Waals surface area contributed by atoms with Crippen molar-refractivity contribution in [3.05, 3.63) is 53.9 Å². The van der Waals surface area contributed by atoms with Gasteiger partial charge < -0.3 is 20.1 Å². The molecule has 0 aliphatic carbocycles. The Morgan fingerprint density at radius 3 is 2.52 bits per heavy atom. The molecule has 4 rings (SSSR count). The summed E-state index contributed by atoms with van der Waals surface area (Å²) in [6.07, 6.45) is 0.974. The minimum absolute atomic E-state index is 0.215. The molecule has 1 aliphatic heterocycles. The van der Waals surface area contributed by atoms with E-state index in [1.807, 2.05) is 39.0 Å². The van der Waals surface area contributed by atoms with Crippen molar-refractivity contribution in [2.24, 2.45) is 5.41 Å². The molecular weight excluding hydrogens is 414 g/mol. The van der Waals surface area contributed by atoms with E-state index in [0.717, 1.165) is 47.4 Å². The number of hydrogen-bond acceptors (Lipinski definition) is 4. The molecule has 1 atom stereocenters. The van der Waals surface area contributed by atoms with Crippen LogP contribution in [0.1, 0.15) is 43.4 Å². The molecule has 0 radical (unpaired) electrons. The summed E-state index contributed by atoms with van der Waals surface area (Å²) in [6, 6.07) is 13.7. The van der Waals surface area contributed by atoms with Crippen LogP contribution < -0.4 is 10.6 Å². The second kappa shape index (κ2) is 8.98. The molecular formula is C26H33N5O2. The van der Waals surface area contributed by atoms with E-state index in [2.05, 4.69) is 51.4 Å². The van der Waals surface area contributed by atoms with Gasteiger partial charge in [-0.2, -0.15) is 0 Å². The number of aromatic nitrogens is 2. The summed E-state index contributed by atoms with van der Waals surface area (Å²) in [5, 5.41) is 7.88. The van der Waals surface area contributed by atoms with E-state index < -0.39 is 11.5 Å². The van der Waals surface area contributed by atoms with Crippen LogP contribution in [-0.4, -0.2) is 52.9 Å². The van der Waals surface area contributed by atoms with Crippen molar-refractivity contribution in [3.8, 4) is 11.4 Å². The van der Waals surface area contributed by atoms with Crippen LogP contribution in [0.25, 0.3) is 22.2 Å². The number of nitrogens with zero attached hydrogens (tertiary/aromatic N) is 3. The molecule has 3 aromatic rings. The summed E-state index contributed by atoms with van der Waals surface area (Å²) in [5.74, 6) is 0.270. The number of carbonyl (C=O) groups is 2. The van der Waals surface area contributed by atoms with E-state index in [0.29, 0.717) is 12.2 Å². The molecule has 33 heavy (non-hydrogen) atoms. The van der Waals surface area contributed by atoms with Crippen molar-refractivity contribution in [1.82, 2.24) is 25.1 Å². The van der Waals surface area contributed by atoms with Crippen molar-refractivity contribution in [1.29, 1.82) is 0 Å². The van der Waals surface area contributed by atoms with Crippen LogP contribution in [0, 0.1) is 5.41 Å². The van der Waals surface area contributed by atoms with Crippen LogP contribution in [0.4, 0.5) is 0 Å². The highest BCUT2D eigenvalue weighted by atomic mass is 16.2. The Kier molecular flexibility index (Phi) is 6.26. The molecule has 1 aliphatic rings. The van der Waals surface area contributed by atoms with E-state index in [1.54, 1.807) is 7.05 Å². The summed E-state index contributed by atoms with van der Waals surface area (Å²) < 4.78 is 2.19. The van der Waals surface area contributed by atoms with Crippen molar-refractivity contribution in [3.63, 3.8) is 0 Å². The second-order valence-corrected chi connectivity index (χ2v) is 9.89. The van der Waals surface area contributed by atoms with Gasteiger partial charge in [0.15, 0.2) is 5.69 Å². The fraction of sp³-hybridized carbons (Fsp3) is 0.423. The van der Waals surface area contributed by atoms with Gasteiger partial charge in [-0.25, -0.2) is 4.98 Å². The largest absolute Gasteiger partial charge is 0.357 e. The van der Waals surface area contributed by atoms with E-state index in [4.69, 9.17) is 4.98 Å². The van der Waals surface area contributed by atoms with Crippen LogP contribution in [-0.2, 0) is 17.9 Å². The van der Waals surface area contributed by atoms with Gasteiger partial charge in [0.2, 0.25) is 5.91 Å². The summed E-state index contributed by atoms with van der Waals surface area (Å²) in [6.45, 7) is 8.18. The Morgan fingerprint density at radius 1 is 1.06 bits per heavy atom. The molecule has 2 aromatic carbocycles. The lowest BCUT2D eigenvalue weighted by molar-refractivity contribution is -0.124. The number of carbonyl (C=O) groups excluding carboxylic acids is 2. The summed E-state index contributed by atoms with van der Waals surface area (Å²) in [5.41, 5.74) is 1.85. The van der Waals surface area contributed by atoms with E-state index in [9.17, 15) is 9.59 Å². The van der Waals surface area contributed by atoms with Gasteiger partial charge in [-0.1, -0.05) is 63.2 Å². The smallest absolute Gasteiger partial charge is 0.272 e. The van der Waals surface area contributed by atoms with Crippen LogP contribution in [0.3, 0.4) is 0 Å². The SMILES string of the molecule is CNC(=O)C(NC(=O)c1nc(-c2cccc3ccccc23)n2c1CN(C)CCC2)C(C)(C)C. The summed E-state index contributed by atoms with van der Waals surface area (Å²) in [4.78, 5) is 33.2. The molecule has 174 valence electrons. The van der Waals surface area contributed by atoms with Crippen LogP contribution in [0.2, 0.25) is 0 Å². The second-order valence-electron chi connectivity index (χ2n) is 9.89. The van der Waals surface area contributed by atoms with E-state index in [1.165, 1.54) is 0 Å². The predicted molar refractivity (Wildman–Crippen MR) is 131 cm³/mol. The third-order valence-electron chi connectivity index (χ3n) is 6.31. The topological polar surface area (TPSA) is 79.3 Å². The Balaban J connectivity index is 1.83. The average molecular weight is 448 g/mol. The molecule has 0 fully saturated rings. The third kappa shape index (κ3) is 4.50. The monoisotopic (exact) mass is 447 g/mol. The summed E-state index contributed by atoms with van der Waals surface area (Å²) >= 11 is 0. The number of amides is 2. The Labute approximate surface area is 195 Å². The average Bonchev–Trinajstić information content (AvgIpc) is 3.01. The molecule has 0 spiro atoms. The van der Waals surface area contributed by atoms with E-state index in [-0.39, 0.29) is 11.8 Å². The van der Waals surface area contributed by atoms with Gasteiger partial charge in [-0.05, 0) is 36.2 Å². The quantitative estimate of drug-likeness (QED) is 0.642. The molecule has 7 nitrogen and oxygen atoms in total. The molecule has 2 amide bonds. The molecule has 7 heteroatoms. The predicted octanol–water partition coefficient (Wildman–Crippen LogP) is 3.43. The van der Waals surface area contributed by atoms with Gasteiger partial charge in [0.25, 0.3) is 5.91 Å². The van der Waals surface area contributed by atoms with E-state index >= 15 is 0 Å². The van der Waals surface area contributed by atoms with Gasteiger partial charge in [-0.15, -0.1) is 0 Å². The minimum Gasteiger partial charge on any atom is -0.357 e. The van der Waals surface area contributed by atoms with Crippen LogP contribution >= 0.6 is 0 Å². The van der Waals surface area contributed by atoms with Crippen LogP contribution in [0.5, 0.6) is 0 Å². The van der Waals surface area contributed by atoms with Gasteiger partial charge >= 0.3 is 0 Å². The molecule has 1 aromatic heterocycles. The highest BCUT2D eigenvalue weighted by Crippen LogP contribution is 2.31. The van der Waals surface area contributed by atoms with Gasteiger partial charge in [0.05, 0.1) is 5.69 Å². The number of imidazole rings is 1. The van der Waals surface area contributed by atoms with Gasteiger partial charge in [-0.3, -0.25) is 9.59 Å². The maximum Gasteiger partial charge on any atom is 0.272 e. The molecule has 0 saturated carbocycles. The van der Waals surface area contributed by atoms with Crippen molar-refractivity contribution in [2.45, 2.75) is 46.3 Å². The molecule has 2 heterocycles. The first-order valence-electron chi connectivity index (χ1n) is 11.5. The maximum absolute atomic E-state index is 13.5. The van der Waals surface area contributed by atoms with Crippen molar-refractivity contribution < 1.29 is 9.59 Å².